The highest BCUT2D eigenvalue weighted by Crippen LogP contribution is 2.27. The maximum atomic E-state index is 9.54. The Hall–Kier alpha value is -0.770. The molecule has 1 fully saturated rings. The summed E-state index contributed by atoms with van der Waals surface area (Å²) < 4.78 is 0. The number of hydrogen-bond donors (Lipinski definition) is 1. The summed E-state index contributed by atoms with van der Waals surface area (Å²) in [7, 11) is 2.08. The number of anilines is 1. The molecular formula is C14H21ClN2O. The summed E-state index contributed by atoms with van der Waals surface area (Å²) in [6.45, 7) is 4.19. The predicted octanol–water partition coefficient (Wildman–Crippen LogP) is 2.23. The minimum Gasteiger partial charge on any atom is -0.395 e. The smallest absolute Gasteiger partial charge is 0.0639 e. The zero-order valence-corrected chi connectivity index (χ0v) is 11.8. The van der Waals surface area contributed by atoms with Crippen molar-refractivity contribution in [2.45, 2.75) is 25.4 Å². The Kier molecular flexibility index (Phi) is 4.49. The quantitative estimate of drug-likeness (QED) is 0.891. The van der Waals surface area contributed by atoms with Crippen LogP contribution < -0.4 is 4.90 Å². The van der Waals surface area contributed by atoms with Gasteiger partial charge in [0, 0.05) is 19.1 Å². The van der Waals surface area contributed by atoms with Crippen molar-refractivity contribution >= 4 is 17.3 Å². The van der Waals surface area contributed by atoms with Gasteiger partial charge in [-0.05, 0) is 32.5 Å². The molecule has 1 aromatic rings. The van der Waals surface area contributed by atoms with Crippen LogP contribution in [0.2, 0.25) is 5.02 Å². The van der Waals surface area contributed by atoms with Gasteiger partial charge in [-0.2, -0.15) is 0 Å². The molecular weight excluding hydrogens is 248 g/mol. The minimum absolute atomic E-state index is 0.166. The molecule has 1 heterocycles. The second kappa shape index (κ2) is 5.91. The van der Waals surface area contributed by atoms with Gasteiger partial charge in [-0.3, -0.25) is 4.90 Å². The fourth-order valence-electron chi connectivity index (χ4n) is 2.49. The second-order valence-electron chi connectivity index (χ2n) is 5.04. The molecule has 2 unspecified atom stereocenters. The van der Waals surface area contributed by atoms with Crippen molar-refractivity contribution in [2.75, 3.05) is 31.6 Å². The molecule has 1 aliphatic rings. The van der Waals surface area contributed by atoms with Gasteiger partial charge in [0.1, 0.15) is 0 Å². The van der Waals surface area contributed by atoms with Crippen molar-refractivity contribution in [3.05, 3.63) is 29.3 Å². The number of aliphatic hydroxyl groups excluding tert-OH is 1. The first-order chi connectivity index (χ1) is 8.63. The van der Waals surface area contributed by atoms with Crippen LogP contribution in [0, 0.1) is 0 Å². The molecule has 2 rings (SSSR count). The van der Waals surface area contributed by atoms with Gasteiger partial charge in [-0.1, -0.05) is 23.7 Å². The lowest BCUT2D eigenvalue weighted by Crippen LogP contribution is -2.44. The molecule has 4 heteroatoms. The molecule has 1 saturated heterocycles. The van der Waals surface area contributed by atoms with E-state index in [-0.39, 0.29) is 12.6 Å². The zero-order valence-electron chi connectivity index (χ0n) is 11.0. The Balaban J connectivity index is 2.22. The lowest BCUT2D eigenvalue weighted by atomic mass is 10.2. The molecule has 0 radical (unpaired) electrons. The second-order valence-corrected chi connectivity index (χ2v) is 5.44. The van der Waals surface area contributed by atoms with E-state index in [4.69, 9.17) is 11.6 Å². The topological polar surface area (TPSA) is 26.7 Å². The van der Waals surface area contributed by atoms with Gasteiger partial charge in [0.05, 0.1) is 23.4 Å². The molecule has 1 aromatic carbocycles. The lowest BCUT2D eigenvalue weighted by Gasteiger charge is -2.31. The molecule has 2 atom stereocenters. The van der Waals surface area contributed by atoms with E-state index in [1.165, 1.54) is 0 Å². The van der Waals surface area contributed by atoms with Crippen LogP contribution in [0.1, 0.15) is 13.3 Å². The Bertz CT molecular complexity index is 399. The highest BCUT2D eigenvalue weighted by molar-refractivity contribution is 6.33. The molecule has 100 valence electrons. The van der Waals surface area contributed by atoms with E-state index in [1.54, 1.807) is 0 Å². The molecule has 0 bridgehead atoms. The summed E-state index contributed by atoms with van der Waals surface area (Å²) in [6.07, 6.45) is 1.08. The van der Waals surface area contributed by atoms with Gasteiger partial charge in [0.2, 0.25) is 0 Å². The zero-order chi connectivity index (χ0) is 13.1. The van der Waals surface area contributed by atoms with Crippen molar-refractivity contribution in [1.29, 1.82) is 0 Å². The Morgan fingerprint density at radius 3 is 2.78 bits per heavy atom. The number of para-hydroxylation sites is 1. The number of rotatable bonds is 2. The number of hydrogen-bond acceptors (Lipinski definition) is 3. The molecule has 0 aromatic heterocycles. The van der Waals surface area contributed by atoms with Crippen LogP contribution in [-0.2, 0) is 0 Å². The number of nitrogens with zero attached hydrogens (tertiary/aromatic N) is 2. The first-order valence-electron chi connectivity index (χ1n) is 6.45. The third kappa shape index (κ3) is 2.79. The van der Waals surface area contributed by atoms with Crippen molar-refractivity contribution in [1.82, 2.24) is 4.90 Å². The van der Waals surface area contributed by atoms with Crippen LogP contribution in [0.5, 0.6) is 0 Å². The monoisotopic (exact) mass is 268 g/mol. The Morgan fingerprint density at radius 1 is 1.39 bits per heavy atom. The van der Waals surface area contributed by atoms with Crippen LogP contribution >= 0.6 is 11.6 Å². The van der Waals surface area contributed by atoms with Crippen molar-refractivity contribution < 1.29 is 5.11 Å². The fraction of sp³-hybridized carbons (Fsp3) is 0.571. The van der Waals surface area contributed by atoms with Crippen molar-refractivity contribution in [3.8, 4) is 0 Å². The highest BCUT2D eigenvalue weighted by Gasteiger charge is 2.26. The summed E-state index contributed by atoms with van der Waals surface area (Å²) in [5.74, 6) is 0. The normalized spacial score (nSPS) is 26.1. The molecule has 18 heavy (non-hydrogen) atoms. The maximum Gasteiger partial charge on any atom is 0.0639 e. The van der Waals surface area contributed by atoms with Gasteiger partial charge in [0.15, 0.2) is 0 Å². The third-order valence-electron chi connectivity index (χ3n) is 3.92. The van der Waals surface area contributed by atoms with Gasteiger partial charge >= 0.3 is 0 Å². The third-order valence-corrected chi connectivity index (χ3v) is 4.24. The molecule has 0 amide bonds. The summed E-state index contributed by atoms with van der Waals surface area (Å²) >= 11 is 6.26. The van der Waals surface area contributed by atoms with Gasteiger partial charge < -0.3 is 10.0 Å². The molecule has 1 aliphatic heterocycles. The van der Waals surface area contributed by atoms with Gasteiger partial charge in [-0.25, -0.2) is 0 Å². The standard InChI is InChI=1S/C14H21ClN2O/c1-11-7-8-17(9-12(10-18)16(11)2)14-6-4-3-5-13(14)15/h3-6,11-12,18H,7-10H2,1-2H3. The van der Waals surface area contributed by atoms with E-state index in [0.717, 1.165) is 30.2 Å². The molecule has 3 nitrogen and oxygen atoms in total. The van der Waals surface area contributed by atoms with Crippen LogP contribution in [0.25, 0.3) is 0 Å². The molecule has 0 aliphatic carbocycles. The highest BCUT2D eigenvalue weighted by atomic mass is 35.5. The summed E-state index contributed by atoms with van der Waals surface area (Å²) in [6, 6.07) is 8.57. The largest absolute Gasteiger partial charge is 0.395 e. The van der Waals surface area contributed by atoms with E-state index >= 15 is 0 Å². The van der Waals surface area contributed by atoms with E-state index in [9.17, 15) is 5.11 Å². The van der Waals surface area contributed by atoms with Crippen molar-refractivity contribution in [2.24, 2.45) is 0 Å². The average Bonchev–Trinajstić information content (AvgIpc) is 2.52. The minimum atomic E-state index is 0.166. The Labute approximate surface area is 114 Å². The molecule has 1 N–H and O–H groups in total. The van der Waals surface area contributed by atoms with E-state index < -0.39 is 0 Å². The van der Waals surface area contributed by atoms with Crippen LogP contribution in [0.4, 0.5) is 5.69 Å². The Morgan fingerprint density at radius 2 is 2.11 bits per heavy atom. The fourth-order valence-corrected chi connectivity index (χ4v) is 2.75. The summed E-state index contributed by atoms with van der Waals surface area (Å²) in [5, 5.41) is 10.3. The van der Waals surface area contributed by atoms with Crippen molar-refractivity contribution in [3.63, 3.8) is 0 Å². The van der Waals surface area contributed by atoms with Crippen LogP contribution in [0.3, 0.4) is 0 Å². The van der Waals surface area contributed by atoms with Gasteiger partial charge in [0.25, 0.3) is 0 Å². The van der Waals surface area contributed by atoms with E-state index in [0.29, 0.717) is 6.04 Å². The molecule has 0 spiro atoms. The average molecular weight is 269 g/mol. The number of likely N-dealkylation sites (N-methyl/N-ethyl adjacent to an activating group) is 1. The number of aliphatic hydroxyl groups is 1. The van der Waals surface area contributed by atoms with Crippen LogP contribution in [0.15, 0.2) is 24.3 Å². The SMILES string of the molecule is CC1CCN(c2ccccc2Cl)CC(CO)N1C. The van der Waals surface area contributed by atoms with Gasteiger partial charge in [-0.15, -0.1) is 0 Å². The summed E-state index contributed by atoms with van der Waals surface area (Å²) in [4.78, 5) is 4.54. The first-order valence-corrected chi connectivity index (χ1v) is 6.83. The first kappa shape index (κ1) is 13.7. The number of halogens is 1. The lowest BCUT2D eigenvalue weighted by molar-refractivity contribution is 0.127. The molecule has 0 saturated carbocycles. The van der Waals surface area contributed by atoms with E-state index in [1.807, 2.05) is 24.3 Å². The maximum absolute atomic E-state index is 9.54. The van der Waals surface area contributed by atoms with E-state index in [2.05, 4.69) is 23.8 Å². The number of benzene rings is 1. The van der Waals surface area contributed by atoms with Crippen LogP contribution in [-0.4, -0.2) is 48.8 Å². The summed E-state index contributed by atoms with van der Waals surface area (Å²) in [5.41, 5.74) is 1.07. The predicted molar refractivity (Wildman–Crippen MR) is 76.4 cm³/mol.